The second kappa shape index (κ2) is 8.18. The Morgan fingerprint density at radius 1 is 0.882 bits per heavy atom. The lowest BCUT2D eigenvalue weighted by Crippen LogP contribution is -2.48. The van der Waals surface area contributed by atoms with E-state index in [0.717, 1.165) is 21.6 Å². The molecule has 6 nitrogen and oxygen atoms in total. The highest BCUT2D eigenvalue weighted by Crippen LogP contribution is 2.43. The summed E-state index contributed by atoms with van der Waals surface area (Å²) in [6, 6.07) is 16.4. The van der Waals surface area contributed by atoms with Gasteiger partial charge in [-0.3, -0.25) is 19.4 Å². The number of carbonyl (C=O) groups excluding carboxylic acids is 3. The van der Waals surface area contributed by atoms with Crippen molar-refractivity contribution >= 4 is 23.4 Å². The van der Waals surface area contributed by atoms with Crippen LogP contribution in [0.3, 0.4) is 0 Å². The summed E-state index contributed by atoms with van der Waals surface area (Å²) in [6.45, 7) is 5.76. The zero-order chi connectivity index (χ0) is 24.1. The summed E-state index contributed by atoms with van der Waals surface area (Å²) in [5, 5.41) is 1.20. The Morgan fingerprint density at radius 2 is 1.59 bits per heavy atom. The molecule has 2 fully saturated rings. The average molecular weight is 458 g/mol. The Kier molecular flexibility index (Phi) is 5.29. The van der Waals surface area contributed by atoms with Crippen molar-refractivity contribution in [3.63, 3.8) is 0 Å². The van der Waals surface area contributed by atoms with E-state index in [-0.39, 0.29) is 5.56 Å². The highest BCUT2D eigenvalue weighted by atomic mass is 19.1. The van der Waals surface area contributed by atoms with Crippen molar-refractivity contribution in [2.75, 3.05) is 4.90 Å². The number of rotatable bonds is 3. The number of hydrazine groups is 1. The minimum Gasteiger partial charge on any atom is -0.274 e. The van der Waals surface area contributed by atoms with Crippen molar-refractivity contribution in [2.24, 2.45) is 5.92 Å². The van der Waals surface area contributed by atoms with E-state index in [1.807, 2.05) is 26.8 Å². The number of nitrogens with one attached hydrogen (secondary N) is 1. The summed E-state index contributed by atoms with van der Waals surface area (Å²) < 4.78 is 14.8. The van der Waals surface area contributed by atoms with Crippen LogP contribution in [0.1, 0.15) is 38.7 Å². The molecule has 0 aromatic heterocycles. The molecule has 1 N–H and O–H groups in total. The summed E-state index contributed by atoms with van der Waals surface area (Å²) in [5.41, 5.74) is 7.00. The molecule has 2 aliphatic heterocycles. The van der Waals surface area contributed by atoms with Crippen LogP contribution in [0, 0.1) is 32.5 Å². The minimum absolute atomic E-state index is 0.236. The molecular formula is C27H24FN3O3. The summed E-state index contributed by atoms with van der Waals surface area (Å²) in [5.74, 6) is -2.88. The van der Waals surface area contributed by atoms with E-state index in [1.54, 1.807) is 54.6 Å². The van der Waals surface area contributed by atoms with Gasteiger partial charge in [0, 0.05) is 11.1 Å². The van der Waals surface area contributed by atoms with E-state index < -0.39 is 41.5 Å². The van der Waals surface area contributed by atoms with Gasteiger partial charge in [-0.25, -0.2) is 14.7 Å². The molecule has 0 bridgehead atoms. The monoisotopic (exact) mass is 457 g/mol. The topological polar surface area (TPSA) is 69.7 Å². The summed E-state index contributed by atoms with van der Waals surface area (Å²) >= 11 is 0. The second-order valence-corrected chi connectivity index (χ2v) is 8.92. The van der Waals surface area contributed by atoms with Crippen molar-refractivity contribution in [1.29, 1.82) is 0 Å². The summed E-state index contributed by atoms with van der Waals surface area (Å²) in [6.07, 6.45) is 0. The maximum absolute atomic E-state index is 14.8. The first-order chi connectivity index (χ1) is 16.3. The van der Waals surface area contributed by atoms with Gasteiger partial charge in [0.15, 0.2) is 0 Å². The molecule has 7 heteroatoms. The Morgan fingerprint density at radius 3 is 2.26 bits per heavy atom. The number of fused-ring (bicyclic) bond motifs is 1. The molecule has 0 radical (unpaired) electrons. The van der Waals surface area contributed by atoms with Crippen molar-refractivity contribution in [1.82, 2.24) is 10.4 Å². The van der Waals surface area contributed by atoms with Crippen molar-refractivity contribution in [2.45, 2.75) is 32.9 Å². The molecule has 3 aromatic carbocycles. The van der Waals surface area contributed by atoms with Gasteiger partial charge in [0.05, 0.1) is 17.6 Å². The summed E-state index contributed by atoms with van der Waals surface area (Å²) in [4.78, 5) is 41.9. The van der Waals surface area contributed by atoms with Crippen LogP contribution in [-0.4, -0.2) is 28.8 Å². The van der Waals surface area contributed by atoms with E-state index in [0.29, 0.717) is 11.3 Å². The van der Waals surface area contributed by atoms with Gasteiger partial charge >= 0.3 is 0 Å². The Bertz CT molecular complexity index is 1320. The van der Waals surface area contributed by atoms with Crippen molar-refractivity contribution in [3.05, 3.63) is 100 Å². The van der Waals surface area contributed by atoms with Crippen LogP contribution in [0.4, 0.5) is 10.1 Å². The predicted octanol–water partition coefficient (Wildman–Crippen LogP) is 4.01. The number of nitrogens with zero attached hydrogens (tertiary/aromatic N) is 2. The number of benzene rings is 3. The lowest BCUT2D eigenvalue weighted by atomic mass is 9.90. The zero-order valence-corrected chi connectivity index (χ0v) is 19.1. The molecule has 3 aromatic rings. The molecule has 5 rings (SSSR count). The molecule has 0 spiro atoms. The normalized spacial score (nSPS) is 21.8. The van der Waals surface area contributed by atoms with Crippen molar-refractivity contribution < 1.29 is 18.8 Å². The first-order valence-electron chi connectivity index (χ1n) is 11.1. The molecule has 2 aliphatic rings. The third-order valence-corrected chi connectivity index (χ3v) is 6.74. The van der Waals surface area contributed by atoms with Gasteiger partial charge in [-0.1, -0.05) is 42.0 Å². The number of anilines is 1. The molecule has 0 unspecified atom stereocenters. The Balaban J connectivity index is 1.60. The van der Waals surface area contributed by atoms with Crippen LogP contribution in [0.15, 0.2) is 66.7 Å². The van der Waals surface area contributed by atoms with Gasteiger partial charge in [-0.15, -0.1) is 0 Å². The molecule has 0 aliphatic carbocycles. The molecule has 34 heavy (non-hydrogen) atoms. The number of carbonyl (C=O) groups is 3. The second-order valence-electron chi connectivity index (χ2n) is 8.92. The SMILES string of the molecule is Cc1ccc(C(=O)N2N[C@H](c3ccccc3F)[C@H]3C(=O)N(c4ccc(C)c(C)c4)C(=O)[C@H]32)cc1. The Hall–Kier alpha value is -3.84. The van der Waals surface area contributed by atoms with Crippen LogP contribution in [-0.2, 0) is 9.59 Å². The van der Waals surface area contributed by atoms with Gasteiger partial charge in [-0.2, -0.15) is 0 Å². The van der Waals surface area contributed by atoms with Crippen LogP contribution < -0.4 is 10.3 Å². The lowest BCUT2D eigenvalue weighted by molar-refractivity contribution is -0.123. The predicted molar refractivity (Wildman–Crippen MR) is 125 cm³/mol. The number of imide groups is 1. The zero-order valence-electron chi connectivity index (χ0n) is 19.1. The minimum atomic E-state index is -1.09. The van der Waals surface area contributed by atoms with Crippen LogP contribution in [0.2, 0.25) is 0 Å². The third-order valence-electron chi connectivity index (χ3n) is 6.74. The largest absolute Gasteiger partial charge is 0.274 e. The molecule has 3 atom stereocenters. The van der Waals surface area contributed by atoms with E-state index in [2.05, 4.69) is 5.43 Å². The molecular weight excluding hydrogens is 433 g/mol. The number of hydrogen-bond acceptors (Lipinski definition) is 4. The number of hydrogen-bond donors (Lipinski definition) is 1. The van der Waals surface area contributed by atoms with Gasteiger partial charge in [0.25, 0.3) is 11.8 Å². The Labute approximate surface area is 197 Å². The number of amides is 3. The highest BCUT2D eigenvalue weighted by Gasteiger charge is 2.60. The van der Waals surface area contributed by atoms with Crippen LogP contribution >= 0.6 is 0 Å². The average Bonchev–Trinajstić information content (AvgIpc) is 3.33. The first-order valence-corrected chi connectivity index (χ1v) is 11.1. The molecule has 2 heterocycles. The number of aryl methyl sites for hydroxylation is 3. The standard InChI is InChI=1S/C27H24FN3O3/c1-15-8-11-18(12-9-15)25(32)31-24-22(23(29-31)20-6-4-5-7-21(20)28)26(33)30(27(24)34)19-13-10-16(2)17(3)14-19/h4-14,22-24,29H,1-3H3/t22-,23-,24+/m1/s1. The van der Waals surface area contributed by atoms with Crippen LogP contribution in [0.25, 0.3) is 0 Å². The maximum Gasteiger partial charge on any atom is 0.268 e. The van der Waals surface area contributed by atoms with Gasteiger partial charge in [0.2, 0.25) is 5.91 Å². The van der Waals surface area contributed by atoms with E-state index in [4.69, 9.17) is 0 Å². The van der Waals surface area contributed by atoms with E-state index in [9.17, 15) is 18.8 Å². The fraction of sp³-hybridized carbons (Fsp3) is 0.222. The fourth-order valence-electron chi connectivity index (χ4n) is 4.71. The van der Waals surface area contributed by atoms with Crippen LogP contribution in [0.5, 0.6) is 0 Å². The smallest absolute Gasteiger partial charge is 0.268 e. The van der Waals surface area contributed by atoms with Crippen molar-refractivity contribution in [3.8, 4) is 0 Å². The highest BCUT2D eigenvalue weighted by molar-refractivity contribution is 6.25. The van der Waals surface area contributed by atoms with Gasteiger partial charge in [-0.05, 0) is 62.2 Å². The van der Waals surface area contributed by atoms with E-state index >= 15 is 0 Å². The molecule has 172 valence electrons. The quantitative estimate of drug-likeness (QED) is 0.604. The molecule has 0 saturated carbocycles. The lowest BCUT2D eigenvalue weighted by Gasteiger charge is -2.25. The first kappa shape index (κ1) is 22.0. The fourth-order valence-corrected chi connectivity index (χ4v) is 4.71. The number of halogens is 1. The summed E-state index contributed by atoms with van der Waals surface area (Å²) in [7, 11) is 0. The van der Waals surface area contributed by atoms with Gasteiger partial charge in [0.1, 0.15) is 11.9 Å². The molecule has 2 saturated heterocycles. The van der Waals surface area contributed by atoms with E-state index in [1.165, 1.54) is 11.1 Å². The van der Waals surface area contributed by atoms with Gasteiger partial charge < -0.3 is 0 Å². The third kappa shape index (κ3) is 3.40. The molecule has 3 amide bonds. The maximum atomic E-state index is 14.8.